The first-order valence-corrected chi connectivity index (χ1v) is 8.82. The number of fused-ring (bicyclic) bond motifs is 2. The fourth-order valence-electron chi connectivity index (χ4n) is 3.59. The Hall–Kier alpha value is -2.90. The highest BCUT2D eigenvalue weighted by atomic mass is 16.5. The number of amides is 2. The van der Waals surface area contributed by atoms with E-state index in [-0.39, 0.29) is 18.2 Å². The summed E-state index contributed by atoms with van der Waals surface area (Å²) >= 11 is 0. The summed E-state index contributed by atoms with van der Waals surface area (Å²) in [7, 11) is 1.58. The van der Waals surface area contributed by atoms with Crippen molar-refractivity contribution in [2.75, 3.05) is 12.4 Å². The predicted octanol–water partition coefficient (Wildman–Crippen LogP) is 1.37. The highest BCUT2D eigenvalue weighted by molar-refractivity contribution is 6.01. The van der Waals surface area contributed by atoms with Gasteiger partial charge in [0.1, 0.15) is 11.6 Å². The molecule has 1 aromatic carbocycles. The van der Waals surface area contributed by atoms with Crippen molar-refractivity contribution in [3.8, 4) is 5.75 Å². The zero-order chi connectivity index (χ0) is 18.1. The number of nitrogens with zero attached hydrogens (tertiary/aromatic N) is 3. The van der Waals surface area contributed by atoms with Crippen LogP contribution in [-0.4, -0.2) is 33.7 Å². The molecule has 3 heterocycles. The monoisotopic (exact) mass is 355 g/mol. The number of carbonyl (C=O) groups is 2. The second kappa shape index (κ2) is 6.78. The number of nitrogens with one attached hydrogen (secondary N) is 2. The fraction of sp³-hybridized carbons (Fsp3) is 0.444. The SMILES string of the molecule is COc1ccc2c(c1)C(C(=O)NCc1nnc3n1CCCC3)CC(=O)N2. The summed E-state index contributed by atoms with van der Waals surface area (Å²) in [6.45, 7) is 1.20. The van der Waals surface area contributed by atoms with Gasteiger partial charge in [-0.1, -0.05) is 0 Å². The molecule has 2 aliphatic heterocycles. The molecule has 0 spiro atoms. The van der Waals surface area contributed by atoms with Gasteiger partial charge < -0.3 is 19.9 Å². The second-order valence-electron chi connectivity index (χ2n) is 6.62. The van der Waals surface area contributed by atoms with Crippen molar-refractivity contribution in [1.29, 1.82) is 0 Å². The van der Waals surface area contributed by atoms with Gasteiger partial charge in [-0.2, -0.15) is 0 Å². The van der Waals surface area contributed by atoms with Gasteiger partial charge in [-0.3, -0.25) is 9.59 Å². The van der Waals surface area contributed by atoms with E-state index in [4.69, 9.17) is 4.74 Å². The third kappa shape index (κ3) is 3.02. The van der Waals surface area contributed by atoms with Gasteiger partial charge in [-0.25, -0.2) is 0 Å². The van der Waals surface area contributed by atoms with Crippen LogP contribution in [0.2, 0.25) is 0 Å². The Kier molecular flexibility index (Phi) is 4.32. The lowest BCUT2D eigenvalue weighted by Gasteiger charge is -2.25. The molecule has 2 N–H and O–H groups in total. The van der Waals surface area contributed by atoms with Gasteiger partial charge in [-0.05, 0) is 36.6 Å². The Morgan fingerprint density at radius 2 is 2.27 bits per heavy atom. The lowest BCUT2D eigenvalue weighted by atomic mass is 9.89. The summed E-state index contributed by atoms with van der Waals surface area (Å²) in [5.41, 5.74) is 1.42. The molecular weight excluding hydrogens is 334 g/mol. The molecule has 2 aromatic rings. The number of ether oxygens (including phenoxy) is 1. The van der Waals surface area contributed by atoms with Crippen LogP contribution >= 0.6 is 0 Å². The Labute approximate surface area is 150 Å². The molecule has 0 bridgehead atoms. The van der Waals surface area contributed by atoms with Crippen LogP contribution in [0.3, 0.4) is 0 Å². The van der Waals surface area contributed by atoms with Crippen LogP contribution in [0.1, 0.15) is 42.4 Å². The van der Waals surface area contributed by atoms with Gasteiger partial charge in [0.15, 0.2) is 5.82 Å². The maximum absolute atomic E-state index is 12.8. The maximum Gasteiger partial charge on any atom is 0.228 e. The van der Waals surface area contributed by atoms with Crippen molar-refractivity contribution >= 4 is 17.5 Å². The first-order valence-electron chi connectivity index (χ1n) is 8.82. The largest absolute Gasteiger partial charge is 0.497 e. The minimum Gasteiger partial charge on any atom is -0.497 e. The number of hydrogen-bond acceptors (Lipinski definition) is 5. The van der Waals surface area contributed by atoms with Crippen LogP contribution in [0.5, 0.6) is 5.75 Å². The van der Waals surface area contributed by atoms with E-state index in [1.807, 2.05) is 0 Å². The van der Waals surface area contributed by atoms with E-state index in [9.17, 15) is 9.59 Å². The molecule has 8 nitrogen and oxygen atoms in total. The van der Waals surface area contributed by atoms with Crippen LogP contribution in [0.15, 0.2) is 18.2 Å². The molecule has 1 unspecified atom stereocenters. The first-order chi connectivity index (χ1) is 12.7. The zero-order valence-electron chi connectivity index (χ0n) is 14.6. The van der Waals surface area contributed by atoms with Crippen molar-refractivity contribution in [3.63, 3.8) is 0 Å². The molecule has 0 saturated heterocycles. The highest BCUT2D eigenvalue weighted by Gasteiger charge is 2.31. The smallest absolute Gasteiger partial charge is 0.228 e. The van der Waals surface area contributed by atoms with Gasteiger partial charge in [0.25, 0.3) is 0 Å². The number of aryl methyl sites for hydroxylation is 1. The van der Waals surface area contributed by atoms with E-state index in [0.29, 0.717) is 18.0 Å². The average Bonchev–Trinajstić information content (AvgIpc) is 3.08. The van der Waals surface area contributed by atoms with Crippen molar-refractivity contribution in [3.05, 3.63) is 35.4 Å². The van der Waals surface area contributed by atoms with Gasteiger partial charge >= 0.3 is 0 Å². The lowest BCUT2D eigenvalue weighted by molar-refractivity contribution is -0.126. The number of carbonyl (C=O) groups excluding carboxylic acids is 2. The van der Waals surface area contributed by atoms with E-state index in [0.717, 1.165) is 43.0 Å². The molecule has 2 aliphatic rings. The molecule has 26 heavy (non-hydrogen) atoms. The Morgan fingerprint density at radius 3 is 3.12 bits per heavy atom. The van der Waals surface area contributed by atoms with Gasteiger partial charge in [0, 0.05) is 25.1 Å². The van der Waals surface area contributed by atoms with E-state index >= 15 is 0 Å². The summed E-state index contributed by atoms with van der Waals surface area (Å²) in [4.78, 5) is 24.8. The topological polar surface area (TPSA) is 98.1 Å². The van der Waals surface area contributed by atoms with E-state index in [1.54, 1.807) is 25.3 Å². The summed E-state index contributed by atoms with van der Waals surface area (Å²) in [6, 6.07) is 5.33. The first kappa shape index (κ1) is 16.6. The van der Waals surface area contributed by atoms with Gasteiger partial charge in [-0.15, -0.1) is 10.2 Å². The Bertz CT molecular complexity index is 861. The number of methoxy groups -OCH3 is 1. The van der Waals surface area contributed by atoms with Crippen molar-refractivity contribution < 1.29 is 14.3 Å². The summed E-state index contributed by atoms with van der Waals surface area (Å²) < 4.78 is 7.33. The number of benzene rings is 1. The molecule has 2 amide bonds. The minimum atomic E-state index is -0.544. The Morgan fingerprint density at radius 1 is 1.38 bits per heavy atom. The van der Waals surface area contributed by atoms with Crippen LogP contribution in [0.25, 0.3) is 0 Å². The highest BCUT2D eigenvalue weighted by Crippen LogP contribution is 2.35. The summed E-state index contributed by atoms with van der Waals surface area (Å²) in [6.07, 6.45) is 3.27. The molecule has 0 saturated carbocycles. The predicted molar refractivity (Wildman–Crippen MR) is 93.8 cm³/mol. The van der Waals surface area contributed by atoms with Crippen molar-refractivity contribution in [2.45, 2.75) is 44.7 Å². The van der Waals surface area contributed by atoms with Crippen LogP contribution < -0.4 is 15.4 Å². The number of anilines is 1. The van der Waals surface area contributed by atoms with Crippen LogP contribution in [0.4, 0.5) is 5.69 Å². The van der Waals surface area contributed by atoms with Crippen molar-refractivity contribution in [1.82, 2.24) is 20.1 Å². The van der Waals surface area contributed by atoms with Crippen LogP contribution in [-0.2, 0) is 29.1 Å². The molecule has 1 aromatic heterocycles. The normalized spacial score (nSPS) is 18.5. The Balaban J connectivity index is 1.52. The molecule has 0 fully saturated rings. The molecule has 1 atom stereocenters. The zero-order valence-corrected chi connectivity index (χ0v) is 14.6. The van der Waals surface area contributed by atoms with Crippen molar-refractivity contribution in [2.24, 2.45) is 0 Å². The molecule has 136 valence electrons. The number of aromatic nitrogens is 3. The standard InChI is InChI=1S/C18H21N5O3/c1-26-11-5-6-14-12(8-11)13(9-17(24)20-14)18(25)19-10-16-22-21-15-4-2-3-7-23(15)16/h5-6,8,13H,2-4,7,9-10H2,1H3,(H,19,25)(H,20,24). The fourth-order valence-corrected chi connectivity index (χ4v) is 3.59. The molecule has 4 rings (SSSR count). The molecule has 0 aliphatic carbocycles. The third-order valence-electron chi connectivity index (χ3n) is 4.97. The average molecular weight is 355 g/mol. The van der Waals surface area contributed by atoms with Gasteiger partial charge in [0.05, 0.1) is 19.6 Å². The summed E-state index contributed by atoms with van der Waals surface area (Å²) in [5.74, 6) is 1.50. The third-order valence-corrected chi connectivity index (χ3v) is 4.97. The quantitative estimate of drug-likeness (QED) is 0.863. The summed E-state index contributed by atoms with van der Waals surface area (Å²) in [5, 5.41) is 14.1. The van der Waals surface area contributed by atoms with Gasteiger partial charge in [0.2, 0.25) is 11.8 Å². The molecule has 0 radical (unpaired) electrons. The number of hydrogen-bond donors (Lipinski definition) is 2. The van der Waals surface area contributed by atoms with E-state index in [2.05, 4.69) is 25.4 Å². The van der Waals surface area contributed by atoms with E-state index in [1.165, 1.54) is 0 Å². The van der Waals surface area contributed by atoms with Crippen LogP contribution in [0, 0.1) is 0 Å². The number of rotatable bonds is 4. The molecule has 8 heteroatoms. The lowest BCUT2D eigenvalue weighted by Crippen LogP contribution is -2.35. The second-order valence-corrected chi connectivity index (χ2v) is 6.62. The molecular formula is C18H21N5O3. The maximum atomic E-state index is 12.8. The van der Waals surface area contributed by atoms with E-state index < -0.39 is 5.92 Å². The minimum absolute atomic E-state index is 0.115.